The van der Waals surface area contributed by atoms with Gasteiger partial charge in [0.1, 0.15) is 17.2 Å². The molecule has 2 heterocycles. The molecule has 0 saturated carbocycles. The van der Waals surface area contributed by atoms with Crippen molar-refractivity contribution in [2.24, 2.45) is 0 Å². The minimum atomic E-state index is -0.932. The van der Waals surface area contributed by atoms with Crippen LogP contribution in [0.15, 0.2) is 24.3 Å². The van der Waals surface area contributed by atoms with Crippen molar-refractivity contribution in [2.45, 2.75) is 31.2 Å². The van der Waals surface area contributed by atoms with Gasteiger partial charge in [-0.2, -0.15) is 0 Å². The molecule has 0 unspecified atom stereocenters. The molecule has 7 nitrogen and oxygen atoms in total. The number of amides is 3. The lowest BCUT2D eigenvalue weighted by Crippen LogP contribution is -2.45. The number of thioether (sulfide) groups is 1. The summed E-state index contributed by atoms with van der Waals surface area (Å²) in [5.41, 5.74) is 0.672. The van der Waals surface area contributed by atoms with E-state index in [1.807, 2.05) is 0 Å². The van der Waals surface area contributed by atoms with Crippen LogP contribution in [-0.2, 0) is 24.0 Å². The molecule has 2 aliphatic rings. The summed E-state index contributed by atoms with van der Waals surface area (Å²) in [4.78, 5) is 53.9. The molecule has 3 rings (SSSR count). The van der Waals surface area contributed by atoms with Crippen molar-refractivity contribution in [1.29, 1.82) is 0 Å². The lowest BCUT2D eigenvalue weighted by Gasteiger charge is -2.27. The van der Waals surface area contributed by atoms with E-state index >= 15 is 0 Å². The van der Waals surface area contributed by atoms with Gasteiger partial charge in [-0.3, -0.25) is 14.4 Å². The van der Waals surface area contributed by atoms with Gasteiger partial charge in [-0.05, 0) is 17.7 Å². The smallest absolute Gasteiger partial charge is 0.328 e. The molecule has 0 aromatic heterocycles. The molecule has 0 spiro atoms. The summed E-state index contributed by atoms with van der Waals surface area (Å²) >= 11 is 1.33. The van der Waals surface area contributed by atoms with Gasteiger partial charge in [0, 0.05) is 25.5 Å². The third kappa shape index (κ3) is 3.37. The zero-order valence-electron chi connectivity index (χ0n) is 13.3. The van der Waals surface area contributed by atoms with Crippen LogP contribution >= 0.6 is 11.8 Å². The number of rotatable bonds is 3. The van der Waals surface area contributed by atoms with Gasteiger partial charge in [0.05, 0.1) is 0 Å². The number of hydroxylamine groups is 2. The van der Waals surface area contributed by atoms with E-state index < -0.39 is 35.0 Å². The van der Waals surface area contributed by atoms with Gasteiger partial charge in [-0.15, -0.1) is 16.8 Å². The Morgan fingerprint density at radius 3 is 2.32 bits per heavy atom. The van der Waals surface area contributed by atoms with Crippen molar-refractivity contribution in [2.75, 3.05) is 5.75 Å². The lowest BCUT2D eigenvalue weighted by molar-refractivity contribution is -0.200. The van der Waals surface area contributed by atoms with E-state index in [0.717, 1.165) is 0 Å². The van der Waals surface area contributed by atoms with Gasteiger partial charge in [-0.1, -0.05) is 12.1 Å². The second-order valence-electron chi connectivity index (χ2n) is 5.67. The number of carbonyl (C=O) groups is 4. The highest BCUT2D eigenvalue weighted by atomic mass is 32.2. The number of hydrogen-bond donors (Lipinski definition) is 0. The van der Waals surface area contributed by atoms with E-state index in [-0.39, 0.29) is 24.5 Å². The molecule has 1 aromatic rings. The molecule has 0 aliphatic carbocycles. The van der Waals surface area contributed by atoms with Crippen LogP contribution in [0, 0.1) is 5.82 Å². The number of carbonyl (C=O) groups excluding carboxylic acids is 4. The van der Waals surface area contributed by atoms with Gasteiger partial charge < -0.3 is 9.74 Å². The summed E-state index contributed by atoms with van der Waals surface area (Å²) in [6.45, 7) is 1.31. The van der Waals surface area contributed by atoms with Crippen LogP contribution in [0.1, 0.15) is 30.7 Å². The standard InChI is InChI=1S/C16H15FN2O5S/c1-9(20)18-12(16(23)24-19-13(21)6-7-14(19)22)8-25-15(18)10-2-4-11(17)5-3-10/h2-5,12,15H,6-8H2,1H3/t12-,15+/m1/s1. The second kappa shape index (κ2) is 6.83. The predicted molar refractivity (Wildman–Crippen MR) is 85.1 cm³/mol. The molecule has 9 heteroatoms. The average molecular weight is 366 g/mol. The van der Waals surface area contributed by atoms with Gasteiger partial charge in [0.2, 0.25) is 5.91 Å². The molecule has 2 atom stereocenters. The van der Waals surface area contributed by atoms with Crippen LogP contribution in [0.25, 0.3) is 0 Å². The van der Waals surface area contributed by atoms with Crippen molar-refractivity contribution >= 4 is 35.5 Å². The maximum atomic E-state index is 13.1. The summed E-state index contributed by atoms with van der Waals surface area (Å²) in [5.74, 6) is -2.50. The zero-order valence-corrected chi connectivity index (χ0v) is 14.1. The van der Waals surface area contributed by atoms with Gasteiger partial charge in [0.25, 0.3) is 11.8 Å². The number of imide groups is 1. The Bertz CT molecular complexity index is 723. The Morgan fingerprint density at radius 2 is 1.76 bits per heavy atom. The predicted octanol–water partition coefficient (Wildman–Crippen LogP) is 1.40. The molecule has 0 radical (unpaired) electrons. The molecule has 2 fully saturated rings. The summed E-state index contributed by atoms with van der Waals surface area (Å²) in [5, 5.41) is -0.00285. The van der Waals surface area contributed by atoms with Crippen molar-refractivity contribution in [3.8, 4) is 0 Å². The first-order valence-electron chi connectivity index (χ1n) is 7.62. The zero-order chi connectivity index (χ0) is 18.1. The normalized spacial score (nSPS) is 23.3. The summed E-state index contributed by atoms with van der Waals surface area (Å²) in [6, 6.07) is 4.72. The summed E-state index contributed by atoms with van der Waals surface area (Å²) in [7, 11) is 0. The van der Waals surface area contributed by atoms with Crippen LogP contribution in [0.3, 0.4) is 0 Å². The molecule has 132 valence electrons. The average Bonchev–Trinajstić information content (AvgIpc) is 3.14. The van der Waals surface area contributed by atoms with Crippen LogP contribution in [-0.4, -0.2) is 45.4 Å². The Labute approximate surface area is 147 Å². The van der Waals surface area contributed by atoms with E-state index in [1.165, 1.54) is 35.7 Å². The Kier molecular flexibility index (Phi) is 4.76. The maximum absolute atomic E-state index is 13.1. The molecular weight excluding hydrogens is 351 g/mol. The van der Waals surface area contributed by atoms with Gasteiger partial charge >= 0.3 is 5.97 Å². The topological polar surface area (TPSA) is 84.0 Å². The molecule has 2 aliphatic heterocycles. The van der Waals surface area contributed by atoms with Gasteiger partial charge in [0.15, 0.2) is 0 Å². The van der Waals surface area contributed by atoms with Crippen LogP contribution in [0.5, 0.6) is 0 Å². The molecular formula is C16H15FN2O5S. The minimum absolute atomic E-state index is 0.000156. The Morgan fingerprint density at radius 1 is 1.16 bits per heavy atom. The maximum Gasteiger partial charge on any atom is 0.356 e. The largest absolute Gasteiger partial charge is 0.356 e. The Hall–Kier alpha value is -2.42. The van der Waals surface area contributed by atoms with Crippen LogP contribution in [0.4, 0.5) is 4.39 Å². The number of halogens is 1. The van der Waals surface area contributed by atoms with Crippen LogP contribution < -0.4 is 0 Å². The molecule has 2 saturated heterocycles. The third-order valence-electron chi connectivity index (χ3n) is 3.98. The van der Waals surface area contributed by atoms with E-state index in [1.54, 1.807) is 12.1 Å². The van der Waals surface area contributed by atoms with Crippen molar-refractivity contribution in [3.63, 3.8) is 0 Å². The van der Waals surface area contributed by atoms with E-state index in [4.69, 9.17) is 4.84 Å². The molecule has 0 N–H and O–H groups in total. The Balaban J connectivity index is 1.78. The molecule has 3 amide bonds. The minimum Gasteiger partial charge on any atom is -0.328 e. The van der Waals surface area contributed by atoms with E-state index in [0.29, 0.717) is 10.6 Å². The fourth-order valence-electron chi connectivity index (χ4n) is 2.77. The molecule has 1 aromatic carbocycles. The second-order valence-corrected chi connectivity index (χ2v) is 6.78. The van der Waals surface area contributed by atoms with E-state index in [2.05, 4.69) is 0 Å². The highest BCUT2D eigenvalue weighted by molar-refractivity contribution is 7.99. The molecule has 0 bridgehead atoms. The van der Waals surface area contributed by atoms with Crippen molar-refractivity contribution in [1.82, 2.24) is 9.96 Å². The molecule has 25 heavy (non-hydrogen) atoms. The quantitative estimate of drug-likeness (QED) is 0.752. The van der Waals surface area contributed by atoms with Crippen LogP contribution in [0.2, 0.25) is 0 Å². The number of nitrogens with zero attached hydrogens (tertiary/aromatic N) is 2. The highest BCUT2D eigenvalue weighted by Gasteiger charge is 2.44. The fraction of sp³-hybridized carbons (Fsp3) is 0.375. The summed E-state index contributed by atoms with van der Waals surface area (Å²) < 4.78 is 13.1. The monoisotopic (exact) mass is 366 g/mol. The number of benzene rings is 1. The third-order valence-corrected chi connectivity index (χ3v) is 5.30. The fourth-order valence-corrected chi connectivity index (χ4v) is 4.23. The van der Waals surface area contributed by atoms with E-state index in [9.17, 15) is 23.6 Å². The SMILES string of the molecule is CC(=O)N1[C@@H](C(=O)ON2C(=O)CCC2=O)CS[C@H]1c1ccc(F)cc1. The lowest BCUT2D eigenvalue weighted by atomic mass is 10.1. The first-order chi connectivity index (χ1) is 11.9. The van der Waals surface area contributed by atoms with Crippen molar-refractivity contribution < 1.29 is 28.4 Å². The highest BCUT2D eigenvalue weighted by Crippen LogP contribution is 2.41. The summed E-state index contributed by atoms with van der Waals surface area (Å²) in [6.07, 6.45) is 0.000312. The van der Waals surface area contributed by atoms with Gasteiger partial charge in [-0.25, -0.2) is 9.18 Å². The first kappa shape index (κ1) is 17.4. The first-order valence-corrected chi connectivity index (χ1v) is 8.67. The van der Waals surface area contributed by atoms with Crippen molar-refractivity contribution in [3.05, 3.63) is 35.6 Å². The number of hydrogen-bond acceptors (Lipinski definition) is 6.